The first-order valence-electron chi connectivity index (χ1n) is 4.58. The molecule has 0 aliphatic rings. The second-order valence-electron chi connectivity index (χ2n) is 3.19. The van der Waals surface area contributed by atoms with Crippen molar-refractivity contribution < 1.29 is 5.11 Å². The summed E-state index contributed by atoms with van der Waals surface area (Å²) in [6.07, 6.45) is 2.35. The average molecular weight is 188 g/mol. The highest BCUT2D eigenvalue weighted by molar-refractivity contribution is 5.85. The van der Waals surface area contributed by atoms with E-state index < -0.39 is 0 Å². The van der Waals surface area contributed by atoms with Crippen LogP contribution in [0.3, 0.4) is 0 Å². The monoisotopic (exact) mass is 188 g/mol. The summed E-state index contributed by atoms with van der Waals surface area (Å²) < 4.78 is 0. The van der Waals surface area contributed by atoms with Gasteiger partial charge in [0.15, 0.2) is 0 Å². The number of phenols is 1. The van der Waals surface area contributed by atoms with E-state index in [4.69, 9.17) is 5.73 Å². The maximum atomic E-state index is 9.86. The number of hydrogen-bond donors (Lipinski definition) is 2. The molecule has 0 unspecified atom stereocenters. The van der Waals surface area contributed by atoms with Crippen molar-refractivity contribution in [1.82, 2.24) is 4.98 Å². The summed E-state index contributed by atoms with van der Waals surface area (Å²) in [5.41, 5.74) is 6.95. The fourth-order valence-corrected chi connectivity index (χ4v) is 1.53. The van der Waals surface area contributed by atoms with Gasteiger partial charge in [-0.15, -0.1) is 0 Å². The van der Waals surface area contributed by atoms with Gasteiger partial charge in [-0.2, -0.15) is 0 Å². The average Bonchev–Trinajstić information content (AvgIpc) is 2.23. The number of nitrogens with zero attached hydrogens (tertiary/aromatic N) is 1. The molecule has 0 aliphatic heterocycles. The van der Waals surface area contributed by atoms with E-state index in [9.17, 15) is 5.11 Å². The number of aromatic nitrogens is 1. The summed E-state index contributed by atoms with van der Waals surface area (Å²) in [6, 6.07) is 7.62. The van der Waals surface area contributed by atoms with Crippen LogP contribution in [0.2, 0.25) is 0 Å². The fraction of sp³-hybridized carbons (Fsp3) is 0.182. The summed E-state index contributed by atoms with van der Waals surface area (Å²) >= 11 is 0. The van der Waals surface area contributed by atoms with Gasteiger partial charge in [-0.3, -0.25) is 4.98 Å². The van der Waals surface area contributed by atoms with E-state index in [1.165, 1.54) is 0 Å². The summed E-state index contributed by atoms with van der Waals surface area (Å²) in [5.74, 6) is 0.258. The molecule has 0 amide bonds. The lowest BCUT2D eigenvalue weighted by Gasteiger charge is -2.05. The van der Waals surface area contributed by atoms with Crippen LogP contribution in [0.25, 0.3) is 10.9 Å². The van der Waals surface area contributed by atoms with Crippen LogP contribution in [0.5, 0.6) is 5.75 Å². The third-order valence-corrected chi connectivity index (χ3v) is 2.25. The molecule has 0 aliphatic carbocycles. The summed E-state index contributed by atoms with van der Waals surface area (Å²) in [5, 5.41) is 10.8. The molecule has 3 N–H and O–H groups in total. The molecule has 72 valence electrons. The van der Waals surface area contributed by atoms with Crippen LogP contribution in [0, 0.1) is 0 Å². The van der Waals surface area contributed by atoms with Crippen LogP contribution in [0.4, 0.5) is 0 Å². The minimum Gasteiger partial charge on any atom is -0.505 e. The Bertz CT molecular complexity index is 454. The van der Waals surface area contributed by atoms with Crippen molar-refractivity contribution in [3.05, 3.63) is 36.0 Å². The van der Waals surface area contributed by atoms with Crippen molar-refractivity contribution in [2.24, 2.45) is 5.73 Å². The number of fused-ring (bicyclic) bond motifs is 1. The van der Waals surface area contributed by atoms with Crippen LogP contribution in [0.15, 0.2) is 30.5 Å². The van der Waals surface area contributed by atoms with Crippen molar-refractivity contribution in [3.8, 4) is 5.75 Å². The Morgan fingerprint density at radius 2 is 2.14 bits per heavy atom. The largest absolute Gasteiger partial charge is 0.505 e. The maximum absolute atomic E-state index is 9.86. The van der Waals surface area contributed by atoms with E-state index in [0.29, 0.717) is 18.5 Å². The number of aromatic hydroxyl groups is 1. The highest BCUT2D eigenvalue weighted by atomic mass is 16.3. The number of rotatable bonds is 2. The first kappa shape index (κ1) is 8.97. The number of nitrogens with two attached hydrogens (primary N) is 1. The molecule has 0 spiro atoms. The Kier molecular flexibility index (Phi) is 2.33. The molecule has 3 nitrogen and oxygen atoms in total. The minimum atomic E-state index is 0.258. The summed E-state index contributed by atoms with van der Waals surface area (Å²) in [4.78, 5) is 4.13. The van der Waals surface area contributed by atoms with E-state index in [0.717, 1.165) is 10.9 Å². The van der Waals surface area contributed by atoms with Gasteiger partial charge in [-0.25, -0.2) is 0 Å². The Morgan fingerprint density at radius 1 is 1.29 bits per heavy atom. The Hall–Kier alpha value is -1.61. The Morgan fingerprint density at radius 3 is 2.93 bits per heavy atom. The third kappa shape index (κ3) is 1.42. The Balaban J connectivity index is 2.63. The molecule has 0 bridgehead atoms. The quantitative estimate of drug-likeness (QED) is 0.749. The van der Waals surface area contributed by atoms with E-state index in [-0.39, 0.29) is 5.75 Å². The van der Waals surface area contributed by atoms with Crippen LogP contribution < -0.4 is 5.73 Å². The Labute approximate surface area is 82.2 Å². The van der Waals surface area contributed by atoms with Crippen molar-refractivity contribution in [2.75, 3.05) is 6.54 Å². The highest BCUT2D eigenvalue weighted by Gasteiger charge is 2.05. The molecule has 14 heavy (non-hydrogen) atoms. The van der Waals surface area contributed by atoms with Crippen LogP contribution in [-0.4, -0.2) is 16.6 Å². The van der Waals surface area contributed by atoms with E-state index in [1.54, 1.807) is 6.20 Å². The van der Waals surface area contributed by atoms with Crippen molar-refractivity contribution in [3.63, 3.8) is 0 Å². The zero-order valence-electron chi connectivity index (χ0n) is 7.77. The number of pyridine rings is 1. The second kappa shape index (κ2) is 3.64. The molecular weight excluding hydrogens is 176 g/mol. The number of phenolic OH excluding ortho intramolecular Hbond substituents is 1. The van der Waals surface area contributed by atoms with Gasteiger partial charge in [-0.05, 0) is 24.6 Å². The maximum Gasteiger partial charge on any atom is 0.145 e. The molecule has 0 saturated heterocycles. The van der Waals surface area contributed by atoms with Crippen LogP contribution >= 0.6 is 0 Å². The SMILES string of the molecule is NCCc1ccc2cccnc2c1O. The van der Waals surface area contributed by atoms with Gasteiger partial charge in [0.2, 0.25) is 0 Å². The van der Waals surface area contributed by atoms with E-state index >= 15 is 0 Å². The first-order valence-corrected chi connectivity index (χ1v) is 4.58. The molecule has 0 saturated carbocycles. The molecule has 1 heterocycles. The molecular formula is C11H12N2O. The van der Waals surface area contributed by atoms with Crippen LogP contribution in [0.1, 0.15) is 5.56 Å². The topological polar surface area (TPSA) is 59.1 Å². The predicted octanol–water partition coefficient (Wildman–Crippen LogP) is 1.44. The highest BCUT2D eigenvalue weighted by Crippen LogP contribution is 2.26. The predicted molar refractivity (Wildman–Crippen MR) is 56.2 cm³/mol. The smallest absolute Gasteiger partial charge is 0.145 e. The summed E-state index contributed by atoms with van der Waals surface area (Å²) in [7, 11) is 0. The van der Waals surface area contributed by atoms with Crippen molar-refractivity contribution >= 4 is 10.9 Å². The summed E-state index contributed by atoms with van der Waals surface area (Å²) in [6.45, 7) is 0.534. The van der Waals surface area contributed by atoms with Gasteiger partial charge in [0.05, 0.1) is 0 Å². The van der Waals surface area contributed by atoms with Crippen molar-refractivity contribution in [1.29, 1.82) is 0 Å². The molecule has 1 aromatic heterocycles. The van der Waals surface area contributed by atoms with Crippen molar-refractivity contribution in [2.45, 2.75) is 6.42 Å². The minimum absolute atomic E-state index is 0.258. The fourth-order valence-electron chi connectivity index (χ4n) is 1.53. The molecule has 1 aromatic carbocycles. The van der Waals surface area contributed by atoms with Gasteiger partial charge in [-0.1, -0.05) is 18.2 Å². The molecule has 0 fully saturated rings. The van der Waals surface area contributed by atoms with Gasteiger partial charge >= 0.3 is 0 Å². The third-order valence-electron chi connectivity index (χ3n) is 2.25. The van der Waals surface area contributed by atoms with Gasteiger partial charge in [0, 0.05) is 11.6 Å². The normalized spacial score (nSPS) is 10.6. The number of benzene rings is 1. The van der Waals surface area contributed by atoms with E-state index in [1.807, 2.05) is 24.3 Å². The molecule has 0 radical (unpaired) electrons. The molecule has 3 heteroatoms. The van der Waals surface area contributed by atoms with Crippen LogP contribution in [-0.2, 0) is 6.42 Å². The lowest BCUT2D eigenvalue weighted by Crippen LogP contribution is -2.02. The first-order chi connectivity index (χ1) is 6.83. The lowest BCUT2D eigenvalue weighted by molar-refractivity contribution is 0.473. The number of hydrogen-bond acceptors (Lipinski definition) is 3. The standard InChI is InChI=1S/C11H12N2O/c12-6-5-9-4-3-8-2-1-7-13-10(8)11(9)14/h1-4,7,14H,5-6,12H2. The van der Waals surface area contributed by atoms with Gasteiger partial charge < -0.3 is 10.8 Å². The zero-order valence-corrected chi connectivity index (χ0v) is 7.77. The zero-order chi connectivity index (χ0) is 9.97. The van der Waals surface area contributed by atoms with Gasteiger partial charge in [0.25, 0.3) is 0 Å². The van der Waals surface area contributed by atoms with E-state index in [2.05, 4.69) is 4.98 Å². The molecule has 2 rings (SSSR count). The second-order valence-corrected chi connectivity index (χ2v) is 3.19. The van der Waals surface area contributed by atoms with Gasteiger partial charge in [0.1, 0.15) is 11.3 Å². The lowest BCUT2D eigenvalue weighted by atomic mass is 10.1. The molecule has 2 aromatic rings. The molecule has 0 atom stereocenters.